The van der Waals surface area contributed by atoms with Crippen molar-refractivity contribution >= 4 is 11.6 Å². The molecule has 1 unspecified atom stereocenters. The van der Waals surface area contributed by atoms with Crippen LogP contribution in [0.25, 0.3) is 0 Å². The Balaban J connectivity index is 1.93. The minimum Gasteiger partial charge on any atom is -0.326 e. The van der Waals surface area contributed by atoms with Crippen LogP contribution in [0, 0.1) is 5.92 Å². The molecule has 5 heteroatoms. The van der Waals surface area contributed by atoms with Gasteiger partial charge in [0.1, 0.15) is 12.7 Å². The van der Waals surface area contributed by atoms with Gasteiger partial charge in [-0.25, -0.2) is 9.67 Å². The van der Waals surface area contributed by atoms with Gasteiger partial charge in [0.15, 0.2) is 0 Å². The molecule has 0 bridgehead atoms. The maximum atomic E-state index is 11.9. The second kappa shape index (κ2) is 6.84. The maximum Gasteiger partial charge on any atom is 0.227 e. The number of carbonyl (C=O) groups is 1. The van der Waals surface area contributed by atoms with Gasteiger partial charge >= 0.3 is 0 Å². The summed E-state index contributed by atoms with van der Waals surface area (Å²) >= 11 is 0. The fraction of sp³-hybridized carbons (Fsp3) is 0.400. The monoisotopic (exact) mass is 272 g/mol. The second-order valence-electron chi connectivity index (χ2n) is 4.97. The smallest absolute Gasteiger partial charge is 0.227 e. The summed E-state index contributed by atoms with van der Waals surface area (Å²) in [6.45, 7) is 4.72. The normalized spacial score (nSPS) is 12.1. The lowest BCUT2D eigenvalue weighted by molar-refractivity contribution is -0.119. The molecule has 1 N–H and O–H groups in total. The number of nitrogens with zero attached hydrogens (tertiary/aromatic N) is 3. The van der Waals surface area contributed by atoms with Crippen LogP contribution in [0.5, 0.6) is 0 Å². The summed E-state index contributed by atoms with van der Waals surface area (Å²) < 4.78 is 1.76. The summed E-state index contributed by atoms with van der Waals surface area (Å²) in [5, 5.41) is 7.00. The van der Waals surface area contributed by atoms with E-state index in [1.54, 1.807) is 11.0 Å². The molecule has 1 aromatic heterocycles. The van der Waals surface area contributed by atoms with Gasteiger partial charge in [0.2, 0.25) is 5.91 Å². The van der Waals surface area contributed by atoms with E-state index in [2.05, 4.69) is 22.3 Å². The lowest BCUT2D eigenvalue weighted by Gasteiger charge is -2.11. The summed E-state index contributed by atoms with van der Waals surface area (Å²) in [7, 11) is 0. The van der Waals surface area contributed by atoms with E-state index in [1.807, 2.05) is 31.2 Å². The Morgan fingerprint density at radius 2 is 2.10 bits per heavy atom. The van der Waals surface area contributed by atoms with E-state index in [9.17, 15) is 4.79 Å². The number of nitrogens with one attached hydrogen (secondary N) is 1. The molecule has 0 aliphatic heterocycles. The summed E-state index contributed by atoms with van der Waals surface area (Å²) in [5.74, 6) is 0.130. The van der Waals surface area contributed by atoms with E-state index in [4.69, 9.17) is 0 Å². The number of hydrogen-bond donors (Lipinski definition) is 1. The molecule has 20 heavy (non-hydrogen) atoms. The average Bonchev–Trinajstić information content (AvgIpc) is 2.94. The van der Waals surface area contributed by atoms with Crippen LogP contribution in [0.15, 0.2) is 36.9 Å². The molecule has 106 valence electrons. The highest BCUT2D eigenvalue weighted by Crippen LogP contribution is 2.13. The lowest BCUT2D eigenvalue weighted by Crippen LogP contribution is -2.20. The first-order chi connectivity index (χ1) is 9.69. The highest BCUT2D eigenvalue weighted by molar-refractivity contribution is 5.92. The number of hydrogen-bond acceptors (Lipinski definition) is 3. The second-order valence-corrected chi connectivity index (χ2v) is 4.97. The van der Waals surface area contributed by atoms with Crippen LogP contribution < -0.4 is 5.32 Å². The number of rotatable bonds is 6. The van der Waals surface area contributed by atoms with Gasteiger partial charge in [-0.1, -0.05) is 32.4 Å². The topological polar surface area (TPSA) is 59.8 Å². The fourth-order valence-electron chi connectivity index (χ4n) is 2.02. The molecule has 1 heterocycles. The van der Waals surface area contributed by atoms with Crippen molar-refractivity contribution in [1.82, 2.24) is 14.8 Å². The van der Waals surface area contributed by atoms with Crippen molar-refractivity contribution < 1.29 is 4.79 Å². The molecule has 1 atom stereocenters. The Kier molecular flexibility index (Phi) is 4.87. The summed E-state index contributed by atoms with van der Waals surface area (Å²) in [4.78, 5) is 15.8. The molecule has 2 rings (SSSR count). The first-order valence-electron chi connectivity index (χ1n) is 6.91. The van der Waals surface area contributed by atoms with Gasteiger partial charge in [-0.2, -0.15) is 5.10 Å². The zero-order chi connectivity index (χ0) is 14.4. The minimum atomic E-state index is 0.0508. The molecule has 0 radical (unpaired) electrons. The summed E-state index contributed by atoms with van der Waals surface area (Å²) in [5.41, 5.74) is 1.95. The molecule has 1 amide bonds. The fourth-order valence-corrected chi connectivity index (χ4v) is 2.02. The van der Waals surface area contributed by atoms with E-state index in [0.717, 1.165) is 24.1 Å². The van der Waals surface area contributed by atoms with Gasteiger partial charge in [-0.15, -0.1) is 0 Å². The molecular weight excluding hydrogens is 252 g/mol. The number of amides is 1. The minimum absolute atomic E-state index is 0.0508. The Bertz CT molecular complexity index is 534. The molecular formula is C15H20N4O. The predicted molar refractivity (Wildman–Crippen MR) is 78.3 cm³/mol. The van der Waals surface area contributed by atoms with Gasteiger partial charge in [0.25, 0.3) is 0 Å². The van der Waals surface area contributed by atoms with E-state index < -0.39 is 0 Å². The zero-order valence-electron chi connectivity index (χ0n) is 11.9. The Morgan fingerprint density at radius 1 is 1.35 bits per heavy atom. The highest BCUT2D eigenvalue weighted by Gasteiger charge is 2.11. The predicted octanol–water partition coefficient (Wildman–Crippen LogP) is 2.70. The number of benzene rings is 1. The molecule has 0 saturated carbocycles. The van der Waals surface area contributed by atoms with Gasteiger partial charge in [0, 0.05) is 11.6 Å². The van der Waals surface area contributed by atoms with E-state index >= 15 is 0 Å². The first-order valence-corrected chi connectivity index (χ1v) is 6.91. The Labute approximate surface area is 119 Å². The van der Waals surface area contributed by atoms with Crippen LogP contribution in [0.1, 0.15) is 32.3 Å². The van der Waals surface area contributed by atoms with Crippen molar-refractivity contribution in [2.45, 2.75) is 33.2 Å². The van der Waals surface area contributed by atoms with Crippen molar-refractivity contribution in [2.75, 3.05) is 5.32 Å². The number of carbonyl (C=O) groups excluding carboxylic acids is 1. The molecule has 0 fully saturated rings. The van der Waals surface area contributed by atoms with Crippen LogP contribution in [0.3, 0.4) is 0 Å². The van der Waals surface area contributed by atoms with Crippen LogP contribution >= 0.6 is 0 Å². The zero-order valence-corrected chi connectivity index (χ0v) is 11.9. The van der Waals surface area contributed by atoms with Gasteiger partial charge < -0.3 is 5.32 Å². The third-order valence-electron chi connectivity index (χ3n) is 3.20. The van der Waals surface area contributed by atoms with E-state index in [0.29, 0.717) is 6.54 Å². The van der Waals surface area contributed by atoms with Crippen LogP contribution in [0.4, 0.5) is 5.69 Å². The third-order valence-corrected chi connectivity index (χ3v) is 3.20. The van der Waals surface area contributed by atoms with E-state index in [1.165, 1.54) is 6.33 Å². The van der Waals surface area contributed by atoms with Gasteiger partial charge in [-0.3, -0.25) is 4.79 Å². The van der Waals surface area contributed by atoms with Gasteiger partial charge in [0.05, 0.1) is 6.54 Å². The average molecular weight is 272 g/mol. The maximum absolute atomic E-state index is 11.9. The molecule has 0 aliphatic carbocycles. The Hall–Kier alpha value is -2.17. The van der Waals surface area contributed by atoms with Gasteiger partial charge in [-0.05, 0) is 24.1 Å². The third kappa shape index (κ3) is 3.91. The quantitative estimate of drug-likeness (QED) is 0.879. The molecule has 0 saturated heterocycles. The van der Waals surface area contributed by atoms with Crippen molar-refractivity contribution in [3.63, 3.8) is 0 Å². The molecule has 0 spiro atoms. The highest BCUT2D eigenvalue weighted by atomic mass is 16.1. The SMILES string of the molecule is CCCC(C)C(=O)Nc1ccc(Cn2cncn2)cc1. The molecule has 5 nitrogen and oxygen atoms in total. The van der Waals surface area contributed by atoms with E-state index in [-0.39, 0.29) is 11.8 Å². The molecule has 1 aromatic carbocycles. The van der Waals surface area contributed by atoms with Crippen molar-refractivity contribution in [3.05, 3.63) is 42.5 Å². The van der Waals surface area contributed by atoms with Crippen molar-refractivity contribution in [2.24, 2.45) is 5.92 Å². The van der Waals surface area contributed by atoms with Crippen LogP contribution in [0.2, 0.25) is 0 Å². The van der Waals surface area contributed by atoms with Crippen LogP contribution in [-0.4, -0.2) is 20.7 Å². The lowest BCUT2D eigenvalue weighted by atomic mass is 10.1. The Morgan fingerprint density at radius 3 is 2.70 bits per heavy atom. The number of anilines is 1. The van der Waals surface area contributed by atoms with Crippen molar-refractivity contribution in [1.29, 1.82) is 0 Å². The molecule has 2 aromatic rings. The standard InChI is InChI=1S/C15H20N4O/c1-3-4-12(2)15(20)18-14-7-5-13(6-8-14)9-19-11-16-10-17-19/h5-8,10-12H,3-4,9H2,1-2H3,(H,18,20). The number of aromatic nitrogens is 3. The largest absolute Gasteiger partial charge is 0.326 e. The first kappa shape index (κ1) is 14.2. The van der Waals surface area contributed by atoms with Crippen molar-refractivity contribution in [3.8, 4) is 0 Å². The summed E-state index contributed by atoms with van der Waals surface area (Å²) in [6.07, 6.45) is 5.13. The molecule has 0 aliphatic rings. The summed E-state index contributed by atoms with van der Waals surface area (Å²) in [6, 6.07) is 7.81. The van der Waals surface area contributed by atoms with Crippen LogP contribution in [-0.2, 0) is 11.3 Å².